The van der Waals surface area contributed by atoms with Crippen molar-refractivity contribution in [3.05, 3.63) is 93.4 Å². The van der Waals surface area contributed by atoms with Crippen molar-refractivity contribution in [2.75, 3.05) is 0 Å². The smallest absolute Gasteiger partial charge is 0.335 e. The number of carbonyl (C=O) groups is 1. The number of nitrogens with zero attached hydrogens (tertiary/aromatic N) is 1. The monoisotopic (exact) mass is 352 g/mol. The van der Waals surface area contributed by atoms with Crippen molar-refractivity contribution in [1.29, 1.82) is 0 Å². The molecular formula is C19H16N2O3S. The second kappa shape index (κ2) is 7.81. The van der Waals surface area contributed by atoms with Gasteiger partial charge in [0.1, 0.15) is 0 Å². The molecule has 2 aromatic carbocycles. The Kier molecular flexibility index (Phi) is 5.30. The van der Waals surface area contributed by atoms with E-state index in [1.165, 1.54) is 17.8 Å². The van der Waals surface area contributed by atoms with Crippen LogP contribution in [0.5, 0.6) is 0 Å². The van der Waals surface area contributed by atoms with Gasteiger partial charge in [0.15, 0.2) is 5.16 Å². The number of benzene rings is 2. The third-order valence-electron chi connectivity index (χ3n) is 3.58. The first-order valence-electron chi connectivity index (χ1n) is 7.69. The maximum Gasteiger partial charge on any atom is 0.335 e. The maximum atomic E-state index is 11.9. The second-order valence-electron chi connectivity index (χ2n) is 5.50. The predicted molar refractivity (Wildman–Crippen MR) is 97.1 cm³/mol. The van der Waals surface area contributed by atoms with Gasteiger partial charge in [-0.05, 0) is 23.3 Å². The zero-order valence-electron chi connectivity index (χ0n) is 13.3. The van der Waals surface area contributed by atoms with Crippen LogP contribution in [0.2, 0.25) is 0 Å². The minimum Gasteiger partial charge on any atom is -0.478 e. The first-order chi connectivity index (χ1) is 12.1. The van der Waals surface area contributed by atoms with Crippen molar-refractivity contribution in [3.63, 3.8) is 0 Å². The van der Waals surface area contributed by atoms with Gasteiger partial charge in [-0.15, -0.1) is 0 Å². The molecule has 0 aliphatic rings. The number of aromatic nitrogens is 2. The molecule has 6 heteroatoms. The lowest BCUT2D eigenvalue weighted by molar-refractivity contribution is 0.0697. The molecule has 3 aromatic rings. The van der Waals surface area contributed by atoms with E-state index in [1.54, 1.807) is 24.3 Å². The van der Waals surface area contributed by atoms with E-state index in [4.69, 9.17) is 5.11 Å². The minimum absolute atomic E-state index is 0.176. The number of nitrogens with one attached hydrogen (secondary N) is 1. The lowest BCUT2D eigenvalue weighted by Gasteiger charge is -2.05. The molecule has 126 valence electrons. The van der Waals surface area contributed by atoms with Crippen LogP contribution in [0.1, 0.15) is 27.2 Å². The van der Waals surface area contributed by atoms with Crippen LogP contribution in [0, 0.1) is 0 Å². The number of H-pyrrole nitrogens is 1. The summed E-state index contributed by atoms with van der Waals surface area (Å²) in [5.74, 6) is -0.351. The van der Waals surface area contributed by atoms with Crippen LogP contribution in [0.4, 0.5) is 0 Å². The van der Waals surface area contributed by atoms with Crippen LogP contribution in [0.25, 0.3) is 0 Å². The molecule has 0 saturated carbocycles. The molecule has 0 bridgehead atoms. The van der Waals surface area contributed by atoms with E-state index in [1.807, 2.05) is 30.3 Å². The van der Waals surface area contributed by atoms with Gasteiger partial charge in [-0.2, -0.15) is 0 Å². The largest absolute Gasteiger partial charge is 0.478 e. The number of aromatic amines is 1. The van der Waals surface area contributed by atoms with Crippen LogP contribution in [-0.4, -0.2) is 21.0 Å². The standard InChI is InChI=1S/C19H16N2O3S/c22-17-11-16(10-13-4-2-1-3-5-13)20-19(21-17)25-12-14-6-8-15(9-7-14)18(23)24/h1-9,11H,10,12H2,(H,23,24)(H,20,21,22). The van der Waals surface area contributed by atoms with Crippen molar-refractivity contribution in [1.82, 2.24) is 9.97 Å². The first-order valence-corrected chi connectivity index (χ1v) is 8.68. The molecule has 0 saturated heterocycles. The molecule has 0 amide bonds. The number of hydrogen-bond donors (Lipinski definition) is 2. The van der Waals surface area contributed by atoms with Gasteiger partial charge < -0.3 is 10.1 Å². The Balaban J connectivity index is 1.70. The number of aromatic carboxylic acids is 1. The first kappa shape index (κ1) is 17.0. The Morgan fingerprint density at radius 2 is 1.76 bits per heavy atom. The number of carboxylic acids is 1. The number of thioether (sulfide) groups is 1. The van der Waals surface area contributed by atoms with Gasteiger partial charge in [0.2, 0.25) is 0 Å². The summed E-state index contributed by atoms with van der Waals surface area (Å²) in [7, 11) is 0. The van der Waals surface area contributed by atoms with E-state index in [0.29, 0.717) is 17.3 Å². The molecule has 0 aliphatic carbocycles. The van der Waals surface area contributed by atoms with Gasteiger partial charge in [0, 0.05) is 18.2 Å². The van der Waals surface area contributed by atoms with E-state index >= 15 is 0 Å². The summed E-state index contributed by atoms with van der Waals surface area (Å²) in [5, 5.41) is 9.47. The van der Waals surface area contributed by atoms with E-state index in [0.717, 1.165) is 16.8 Å². The van der Waals surface area contributed by atoms with E-state index < -0.39 is 5.97 Å². The van der Waals surface area contributed by atoms with Crippen LogP contribution >= 0.6 is 11.8 Å². The average molecular weight is 352 g/mol. The van der Waals surface area contributed by atoms with Crippen molar-refractivity contribution >= 4 is 17.7 Å². The van der Waals surface area contributed by atoms with E-state index in [-0.39, 0.29) is 11.1 Å². The molecule has 0 atom stereocenters. The second-order valence-corrected chi connectivity index (χ2v) is 6.46. The van der Waals surface area contributed by atoms with Crippen LogP contribution in [-0.2, 0) is 12.2 Å². The minimum atomic E-state index is -0.946. The summed E-state index contributed by atoms with van der Waals surface area (Å²) in [6, 6.07) is 18.0. The number of hydrogen-bond acceptors (Lipinski definition) is 4. The molecule has 0 spiro atoms. The Hall–Kier alpha value is -2.86. The molecule has 0 unspecified atom stereocenters. The Morgan fingerprint density at radius 3 is 2.44 bits per heavy atom. The van der Waals surface area contributed by atoms with E-state index in [9.17, 15) is 9.59 Å². The molecular weight excluding hydrogens is 336 g/mol. The van der Waals surface area contributed by atoms with E-state index in [2.05, 4.69) is 9.97 Å². The highest BCUT2D eigenvalue weighted by Gasteiger charge is 2.06. The fourth-order valence-electron chi connectivity index (χ4n) is 2.34. The Bertz CT molecular complexity index is 921. The number of carboxylic acid groups (broad SMARTS) is 1. The molecule has 25 heavy (non-hydrogen) atoms. The zero-order chi connectivity index (χ0) is 17.6. The molecule has 0 fully saturated rings. The SMILES string of the molecule is O=C(O)c1ccc(CSc2nc(Cc3ccccc3)cc(=O)[nH]2)cc1. The molecule has 0 aliphatic heterocycles. The van der Waals surface area contributed by atoms with Crippen LogP contribution < -0.4 is 5.56 Å². The summed E-state index contributed by atoms with van der Waals surface area (Å²) in [5.41, 5.74) is 2.86. The highest BCUT2D eigenvalue weighted by molar-refractivity contribution is 7.98. The fraction of sp³-hybridized carbons (Fsp3) is 0.105. The molecule has 1 aromatic heterocycles. The molecule has 2 N–H and O–H groups in total. The summed E-state index contributed by atoms with van der Waals surface area (Å²) >= 11 is 1.41. The van der Waals surface area contributed by atoms with Gasteiger partial charge >= 0.3 is 5.97 Å². The van der Waals surface area contributed by atoms with Gasteiger partial charge in [-0.1, -0.05) is 54.2 Å². The Labute approximate surface area is 148 Å². The van der Waals surface area contributed by atoms with Crippen molar-refractivity contribution in [2.24, 2.45) is 0 Å². The van der Waals surface area contributed by atoms with Gasteiger partial charge in [0.05, 0.1) is 11.3 Å². The summed E-state index contributed by atoms with van der Waals surface area (Å²) in [6.07, 6.45) is 0.603. The molecule has 0 radical (unpaired) electrons. The normalized spacial score (nSPS) is 10.6. The molecule has 1 heterocycles. The van der Waals surface area contributed by atoms with Crippen LogP contribution in [0.15, 0.2) is 70.6 Å². The van der Waals surface area contributed by atoms with Crippen molar-refractivity contribution in [3.8, 4) is 0 Å². The third-order valence-corrected chi connectivity index (χ3v) is 4.52. The third kappa shape index (κ3) is 4.81. The molecule has 3 rings (SSSR count). The maximum absolute atomic E-state index is 11.9. The molecule has 5 nitrogen and oxygen atoms in total. The lowest BCUT2D eigenvalue weighted by atomic mass is 10.1. The number of rotatable bonds is 6. The average Bonchev–Trinajstić information content (AvgIpc) is 2.61. The summed E-state index contributed by atoms with van der Waals surface area (Å²) in [4.78, 5) is 30.0. The van der Waals surface area contributed by atoms with Crippen LogP contribution in [0.3, 0.4) is 0 Å². The summed E-state index contributed by atoms with van der Waals surface area (Å²) < 4.78 is 0. The Morgan fingerprint density at radius 1 is 1.04 bits per heavy atom. The summed E-state index contributed by atoms with van der Waals surface area (Å²) in [6.45, 7) is 0. The fourth-order valence-corrected chi connectivity index (χ4v) is 3.19. The zero-order valence-corrected chi connectivity index (χ0v) is 14.1. The highest BCUT2D eigenvalue weighted by atomic mass is 32.2. The van der Waals surface area contributed by atoms with Gasteiger partial charge in [-0.25, -0.2) is 9.78 Å². The topological polar surface area (TPSA) is 83.0 Å². The quantitative estimate of drug-likeness (QED) is 0.525. The van der Waals surface area contributed by atoms with Crippen molar-refractivity contribution in [2.45, 2.75) is 17.3 Å². The predicted octanol–water partition coefficient (Wildman–Crippen LogP) is 3.35. The lowest BCUT2D eigenvalue weighted by Crippen LogP contribution is -2.10. The van der Waals surface area contributed by atoms with Gasteiger partial charge in [0.25, 0.3) is 5.56 Å². The van der Waals surface area contributed by atoms with Crippen molar-refractivity contribution < 1.29 is 9.90 Å². The van der Waals surface area contributed by atoms with Gasteiger partial charge in [-0.3, -0.25) is 4.79 Å². The highest BCUT2D eigenvalue weighted by Crippen LogP contribution is 2.19.